The number of carbonyl (C=O) groups is 2. The lowest BCUT2D eigenvalue weighted by Gasteiger charge is -2.43. The molecule has 3 aromatic rings. The first kappa shape index (κ1) is 20.2. The molecule has 1 amide bonds. The molecule has 2 aliphatic rings. The van der Waals surface area contributed by atoms with Gasteiger partial charge in [-0.2, -0.15) is 0 Å². The number of allylic oxidation sites excluding steroid dienone is 2. The molecule has 3 nitrogen and oxygen atoms in total. The number of fused-ring (bicyclic) bond motifs is 1. The quantitative estimate of drug-likeness (QED) is 0.411. The Morgan fingerprint density at radius 3 is 2.48 bits per heavy atom. The van der Waals surface area contributed by atoms with E-state index in [2.05, 4.69) is 54.0 Å². The van der Waals surface area contributed by atoms with E-state index in [4.69, 9.17) is 0 Å². The number of halogens is 1. The van der Waals surface area contributed by atoms with Gasteiger partial charge in [0.25, 0.3) is 0 Å². The van der Waals surface area contributed by atoms with Gasteiger partial charge in [-0.1, -0.05) is 78.3 Å². The molecule has 0 N–H and O–H groups in total. The van der Waals surface area contributed by atoms with Crippen molar-refractivity contribution in [1.82, 2.24) is 0 Å². The van der Waals surface area contributed by atoms with Gasteiger partial charge in [0.1, 0.15) is 0 Å². The van der Waals surface area contributed by atoms with E-state index in [9.17, 15) is 9.59 Å². The number of carbonyl (C=O) groups excluding carboxylic acids is 2. The van der Waals surface area contributed by atoms with Gasteiger partial charge in [0.05, 0.1) is 0 Å². The Hall–Kier alpha value is -2.72. The van der Waals surface area contributed by atoms with E-state index in [1.807, 2.05) is 42.5 Å². The molecule has 1 unspecified atom stereocenters. The topological polar surface area (TPSA) is 37.4 Å². The van der Waals surface area contributed by atoms with Crippen LogP contribution in [0.25, 0.3) is 10.8 Å². The lowest BCUT2D eigenvalue weighted by molar-refractivity contribution is -0.120. The fourth-order valence-corrected chi connectivity index (χ4v) is 5.54. The highest BCUT2D eigenvalue weighted by Crippen LogP contribution is 2.49. The van der Waals surface area contributed by atoms with Gasteiger partial charge in [-0.05, 0) is 46.4 Å². The van der Waals surface area contributed by atoms with Crippen molar-refractivity contribution in [3.05, 3.63) is 88.0 Å². The van der Waals surface area contributed by atoms with E-state index in [-0.39, 0.29) is 23.0 Å². The molecule has 1 aliphatic carbocycles. The van der Waals surface area contributed by atoms with Gasteiger partial charge in [-0.3, -0.25) is 14.5 Å². The minimum Gasteiger partial charge on any atom is -0.294 e. The summed E-state index contributed by atoms with van der Waals surface area (Å²) in [7, 11) is 0. The SMILES string of the molecule is CC1(C)CC(=O)C2=C(C1)N(c1cccc(Br)c1)C(=O)CC2c1cccc2ccccc12. The van der Waals surface area contributed by atoms with Crippen LogP contribution in [0.4, 0.5) is 5.69 Å². The van der Waals surface area contributed by atoms with Crippen molar-refractivity contribution in [1.29, 1.82) is 0 Å². The second kappa shape index (κ2) is 7.45. The van der Waals surface area contributed by atoms with Crippen LogP contribution in [0.2, 0.25) is 0 Å². The largest absolute Gasteiger partial charge is 0.294 e. The summed E-state index contributed by atoms with van der Waals surface area (Å²) in [5.74, 6) is -0.00225. The number of ketones is 1. The fourth-order valence-electron chi connectivity index (χ4n) is 5.15. The van der Waals surface area contributed by atoms with Crippen molar-refractivity contribution in [2.45, 2.75) is 39.0 Å². The van der Waals surface area contributed by atoms with Crippen LogP contribution in [-0.4, -0.2) is 11.7 Å². The van der Waals surface area contributed by atoms with Crippen molar-refractivity contribution in [2.24, 2.45) is 5.41 Å². The highest BCUT2D eigenvalue weighted by atomic mass is 79.9. The maximum atomic E-state index is 13.6. The smallest absolute Gasteiger partial charge is 0.232 e. The highest BCUT2D eigenvalue weighted by molar-refractivity contribution is 9.10. The van der Waals surface area contributed by atoms with E-state index < -0.39 is 0 Å². The summed E-state index contributed by atoms with van der Waals surface area (Å²) in [5.41, 5.74) is 3.39. The molecular formula is C27H24BrNO2. The van der Waals surface area contributed by atoms with Crippen molar-refractivity contribution < 1.29 is 9.59 Å². The molecule has 1 heterocycles. The predicted molar refractivity (Wildman–Crippen MR) is 128 cm³/mol. The van der Waals surface area contributed by atoms with Gasteiger partial charge in [0.2, 0.25) is 5.91 Å². The second-order valence-corrected chi connectivity index (χ2v) is 10.3. The molecule has 5 rings (SSSR count). The molecule has 0 bridgehead atoms. The van der Waals surface area contributed by atoms with Gasteiger partial charge in [-0.15, -0.1) is 0 Å². The highest BCUT2D eigenvalue weighted by Gasteiger charge is 2.44. The first-order valence-corrected chi connectivity index (χ1v) is 11.5. The monoisotopic (exact) mass is 473 g/mol. The molecule has 0 fully saturated rings. The second-order valence-electron chi connectivity index (χ2n) is 9.34. The standard InChI is InChI=1S/C27H24BrNO2/c1-27(2)15-23-26(24(30)16-27)22(21-12-5-8-17-7-3-4-11-20(17)21)14-25(31)29(23)19-10-6-9-18(28)13-19/h3-13,22H,14-16H2,1-2H3. The van der Waals surface area contributed by atoms with E-state index in [1.165, 1.54) is 0 Å². The Morgan fingerprint density at radius 1 is 0.935 bits per heavy atom. The molecule has 3 aromatic carbocycles. The lowest BCUT2D eigenvalue weighted by atomic mass is 9.69. The number of Topliss-reactive ketones (excluding diaryl/α,β-unsaturated/α-hetero) is 1. The third-order valence-corrected chi connectivity index (χ3v) is 6.90. The number of benzene rings is 3. The summed E-state index contributed by atoms with van der Waals surface area (Å²) in [6.45, 7) is 4.22. The van der Waals surface area contributed by atoms with Crippen LogP contribution < -0.4 is 4.90 Å². The zero-order chi connectivity index (χ0) is 21.8. The summed E-state index contributed by atoms with van der Waals surface area (Å²) < 4.78 is 0.914. The number of anilines is 1. The minimum absolute atomic E-state index is 0.0419. The molecule has 0 saturated heterocycles. The summed E-state index contributed by atoms with van der Waals surface area (Å²) >= 11 is 3.53. The van der Waals surface area contributed by atoms with Crippen LogP contribution in [0.15, 0.2) is 82.5 Å². The van der Waals surface area contributed by atoms with Crippen LogP contribution in [0.5, 0.6) is 0 Å². The zero-order valence-electron chi connectivity index (χ0n) is 17.7. The molecule has 0 radical (unpaired) electrons. The molecule has 0 saturated carbocycles. The van der Waals surface area contributed by atoms with E-state index in [0.29, 0.717) is 19.3 Å². The van der Waals surface area contributed by atoms with Crippen LogP contribution in [-0.2, 0) is 9.59 Å². The molecule has 31 heavy (non-hydrogen) atoms. The molecule has 4 heteroatoms. The Kier molecular flexibility index (Phi) is 4.86. The zero-order valence-corrected chi connectivity index (χ0v) is 19.3. The average molecular weight is 474 g/mol. The van der Waals surface area contributed by atoms with Crippen molar-refractivity contribution in [3.63, 3.8) is 0 Å². The third-order valence-electron chi connectivity index (χ3n) is 6.41. The molecule has 1 aliphatic heterocycles. The van der Waals surface area contributed by atoms with Crippen LogP contribution >= 0.6 is 15.9 Å². The predicted octanol–water partition coefficient (Wildman–Crippen LogP) is 6.77. The van der Waals surface area contributed by atoms with Gasteiger partial charge in [0, 0.05) is 40.2 Å². The molecule has 0 spiro atoms. The maximum Gasteiger partial charge on any atom is 0.232 e. The number of amides is 1. The summed E-state index contributed by atoms with van der Waals surface area (Å²) in [5, 5.41) is 2.25. The summed E-state index contributed by atoms with van der Waals surface area (Å²) in [6, 6.07) is 22.2. The summed E-state index contributed by atoms with van der Waals surface area (Å²) in [4.78, 5) is 28.9. The normalized spacial score (nSPS) is 20.9. The molecule has 156 valence electrons. The lowest BCUT2D eigenvalue weighted by Crippen LogP contribution is -2.43. The molecule has 1 atom stereocenters. The first-order valence-electron chi connectivity index (χ1n) is 10.7. The van der Waals surface area contributed by atoms with E-state index in [1.54, 1.807) is 4.90 Å². The molecular weight excluding hydrogens is 450 g/mol. The maximum absolute atomic E-state index is 13.6. The number of nitrogens with zero attached hydrogens (tertiary/aromatic N) is 1. The van der Waals surface area contributed by atoms with E-state index in [0.717, 1.165) is 37.8 Å². The number of rotatable bonds is 2. The Balaban J connectivity index is 1.74. The Labute approximate surface area is 190 Å². The average Bonchev–Trinajstić information content (AvgIpc) is 2.71. The number of hydrogen-bond donors (Lipinski definition) is 0. The van der Waals surface area contributed by atoms with Crippen molar-refractivity contribution >= 4 is 44.1 Å². The van der Waals surface area contributed by atoms with Crippen molar-refractivity contribution in [3.8, 4) is 0 Å². The van der Waals surface area contributed by atoms with Gasteiger partial charge < -0.3 is 0 Å². The van der Waals surface area contributed by atoms with Crippen molar-refractivity contribution in [2.75, 3.05) is 4.90 Å². The number of hydrogen-bond acceptors (Lipinski definition) is 2. The molecule has 0 aromatic heterocycles. The van der Waals surface area contributed by atoms with Gasteiger partial charge in [-0.25, -0.2) is 0 Å². The van der Waals surface area contributed by atoms with Gasteiger partial charge in [0.15, 0.2) is 5.78 Å². The summed E-state index contributed by atoms with van der Waals surface area (Å²) in [6.07, 6.45) is 1.51. The van der Waals surface area contributed by atoms with Crippen LogP contribution in [0.3, 0.4) is 0 Å². The van der Waals surface area contributed by atoms with Crippen LogP contribution in [0.1, 0.15) is 44.6 Å². The van der Waals surface area contributed by atoms with Crippen LogP contribution in [0, 0.1) is 5.41 Å². The van der Waals surface area contributed by atoms with Gasteiger partial charge >= 0.3 is 0 Å². The minimum atomic E-state index is -0.208. The Morgan fingerprint density at radius 2 is 1.68 bits per heavy atom. The Bertz CT molecular complexity index is 1250. The van der Waals surface area contributed by atoms with E-state index >= 15 is 0 Å². The third kappa shape index (κ3) is 3.53. The fraction of sp³-hybridized carbons (Fsp3) is 0.259. The first-order chi connectivity index (χ1) is 14.8.